The van der Waals surface area contributed by atoms with E-state index in [4.69, 9.17) is 0 Å². The van der Waals surface area contributed by atoms with Gasteiger partial charge in [-0.05, 0) is 22.6 Å². The molecule has 100 valence electrons. The van der Waals surface area contributed by atoms with E-state index in [9.17, 15) is 22.7 Å². The van der Waals surface area contributed by atoms with Gasteiger partial charge in [0.1, 0.15) is 15.2 Å². The van der Waals surface area contributed by atoms with Crippen molar-refractivity contribution in [2.75, 3.05) is 0 Å². The first-order valence-electron chi connectivity index (χ1n) is 5.34. The highest BCUT2D eigenvalue weighted by atomic mass is 127. The standard InChI is InChI=1S/C10H9F4IN2O/c11-8-2-9(3-8,4-8)17-1-5(15)16-7(17)6(18)10(12,13)14/h1,6,18H,2-4H2. The maximum atomic E-state index is 13.5. The second-order valence-corrected chi connectivity index (χ2v) is 6.25. The molecule has 0 saturated heterocycles. The van der Waals surface area contributed by atoms with Crippen LogP contribution in [0.2, 0.25) is 0 Å². The normalized spacial score (nSPS) is 35.9. The van der Waals surface area contributed by atoms with E-state index in [1.165, 1.54) is 10.8 Å². The van der Waals surface area contributed by atoms with Crippen molar-refractivity contribution in [3.05, 3.63) is 15.7 Å². The summed E-state index contributed by atoms with van der Waals surface area (Å²) in [5, 5.41) is 9.31. The zero-order valence-corrected chi connectivity index (χ0v) is 11.2. The molecule has 0 spiro atoms. The van der Waals surface area contributed by atoms with Gasteiger partial charge in [0.05, 0.1) is 5.54 Å². The fraction of sp³-hybridized carbons (Fsp3) is 0.700. The fourth-order valence-electron chi connectivity index (χ4n) is 2.95. The van der Waals surface area contributed by atoms with Crippen LogP contribution < -0.4 is 0 Å². The molecule has 0 radical (unpaired) electrons. The van der Waals surface area contributed by atoms with Crippen LogP contribution in [0, 0.1) is 3.70 Å². The predicted molar refractivity (Wildman–Crippen MR) is 61.6 cm³/mol. The third kappa shape index (κ3) is 1.60. The van der Waals surface area contributed by atoms with Gasteiger partial charge in [-0.3, -0.25) is 0 Å². The molecule has 1 atom stereocenters. The average Bonchev–Trinajstić information content (AvgIpc) is 2.51. The van der Waals surface area contributed by atoms with Gasteiger partial charge in [-0.2, -0.15) is 13.2 Å². The number of hydrogen-bond donors (Lipinski definition) is 1. The van der Waals surface area contributed by atoms with Crippen molar-refractivity contribution in [1.82, 2.24) is 9.55 Å². The van der Waals surface area contributed by atoms with Crippen molar-refractivity contribution in [1.29, 1.82) is 0 Å². The number of halogens is 5. The van der Waals surface area contributed by atoms with Gasteiger partial charge in [-0.25, -0.2) is 9.37 Å². The Morgan fingerprint density at radius 3 is 2.39 bits per heavy atom. The summed E-state index contributed by atoms with van der Waals surface area (Å²) in [6.07, 6.45) is -5.30. The number of rotatable bonds is 2. The van der Waals surface area contributed by atoms with Crippen molar-refractivity contribution in [2.24, 2.45) is 0 Å². The molecule has 3 fully saturated rings. The number of aromatic nitrogens is 2. The molecule has 1 aromatic heterocycles. The lowest BCUT2D eigenvalue weighted by molar-refractivity contribution is -0.222. The summed E-state index contributed by atoms with van der Waals surface area (Å²) in [4.78, 5) is 3.73. The second kappa shape index (κ2) is 3.38. The quantitative estimate of drug-likeness (QED) is 0.637. The smallest absolute Gasteiger partial charge is 0.377 e. The van der Waals surface area contributed by atoms with E-state index >= 15 is 0 Å². The van der Waals surface area contributed by atoms with E-state index in [0.29, 0.717) is 3.70 Å². The summed E-state index contributed by atoms with van der Waals surface area (Å²) in [6, 6.07) is 0. The minimum absolute atomic E-state index is 0.212. The van der Waals surface area contributed by atoms with Crippen LogP contribution in [0.4, 0.5) is 17.6 Å². The first-order valence-corrected chi connectivity index (χ1v) is 6.42. The van der Waals surface area contributed by atoms with Crippen LogP contribution in [0.15, 0.2) is 6.20 Å². The summed E-state index contributed by atoms with van der Waals surface area (Å²) in [7, 11) is 0. The van der Waals surface area contributed by atoms with Gasteiger partial charge in [0.15, 0.2) is 0 Å². The number of aliphatic hydroxyl groups is 1. The third-order valence-electron chi connectivity index (χ3n) is 3.71. The van der Waals surface area contributed by atoms with E-state index in [1.807, 2.05) is 0 Å². The van der Waals surface area contributed by atoms with E-state index in [0.717, 1.165) is 0 Å². The molecule has 0 aromatic carbocycles. The Labute approximate surface area is 113 Å². The molecular weight excluding hydrogens is 367 g/mol. The van der Waals surface area contributed by atoms with Crippen molar-refractivity contribution >= 4 is 22.6 Å². The number of alkyl halides is 4. The van der Waals surface area contributed by atoms with E-state index in [2.05, 4.69) is 4.98 Å². The summed E-state index contributed by atoms with van der Waals surface area (Å²) in [6.45, 7) is 0. The second-order valence-electron chi connectivity index (χ2n) is 5.14. The van der Waals surface area contributed by atoms with Gasteiger partial charge < -0.3 is 9.67 Å². The Balaban J connectivity index is 1.97. The molecular formula is C10H9F4IN2O. The molecule has 4 rings (SSSR count). The van der Waals surface area contributed by atoms with E-state index in [-0.39, 0.29) is 19.3 Å². The minimum Gasteiger partial charge on any atom is -0.377 e. The Bertz CT molecular complexity index is 493. The molecule has 0 amide bonds. The maximum absolute atomic E-state index is 13.5. The molecule has 0 aliphatic heterocycles. The van der Waals surface area contributed by atoms with Crippen LogP contribution >= 0.6 is 22.6 Å². The Morgan fingerprint density at radius 1 is 1.39 bits per heavy atom. The van der Waals surface area contributed by atoms with Crippen LogP contribution in [0.3, 0.4) is 0 Å². The van der Waals surface area contributed by atoms with Crippen molar-refractivity contribution in [3.63, 3.8) is 0 Å². The fourth-order valence-corrected chi connectivity index (χ4v) is 3.48. The molecule has 3 aliphatic carbocycles. The Hall–Kier alpha value is -0.380. The van der Waals surface area contributed by atoms with Gasteiger partial charge in [0, 0.05) is 25.5 Å². The van der Waals surface area contributed by atoms with Crippen molar-refractivity contribution < 1.29 is 22.7 Å². The van der Waals surface area contributed by atoms with Gasteiger partial charge >= 0.3 is 6.18 Å². The SMILES string of the molecule is OC(c1nc(I)cn1C12CC(F)(C1)C2)C(F)(F)F. The minimum atomic E-state index is -4.76. The molecule has 1 aromatic rings. The average molecular weight is 376 g/mol. The molecule has 8 heteroatoms. The number of imidazole rings is 1. The summed E-state index contributed by atoms with van der Waals surface area (Å²) >= 11 is 1.78. The molecule has 3 nitrogen and oxygen atoms in total. The molecule has 3 aliphatic rings. The summed E-state index contributed by atoms with van der Waals surface area (Å²) in [5.74, 6) is -0.436. The first kappa shape index (κ1) is 12.6. The highest BCUT2D eigenvalue weighted by Gasteiger charge is 2.71. The molecule has 2 bridgehead atoms. The van der Waals surface area contributed by atoms with Crippen molar-refractivity contribution in [2.45, 2.75) is 42.8 Å². The Kier molecular flexibility index (Phi) is 2.38. The third-order valence-corrected chi connectivity index (χ3v) is 4.23. The monoisotopic (exact) mass is 376 g/mol. The molecule has 1 heterocycles. The van der Waals surface area contributed by atoms with Crippen molar-refractivity contribution in [3.8, 4) is 0 Å². The number of hydrogen-bond acceptors (Lipinski definition) is 2. The first-order chi connectivity index (χ1) is 8.15. The van der Waals surface area contributed by atoms with E-state index in [1.54, 1.807) is 22.6 Å². The maximum Gasteiger partial charge on any atom is 0.421 e. The zero-order chi connectivity index (χ0) is 13.3. The largest absolute Gasteiger partial charge is 0.421 e. The predicted octanol–water partition coefficient (Wildman–Crippen LogP) is 2.68. The van der Waals surface area contributed by atoms with Crippen LogP contribution in [0.5, 0.6) is 0 Å². The van der Waals surface area contributed by atoms with Crippen LogP contribution in [0.25, 0.3) is 0 Å². The van der Waals surface area contributed by atoms with Crippen LogP contribution in [0.1, 0.15) is 31.2 Å². The topological polar surface area (TPSA) is 38.1 Å². The highest BCUT2D eigenvalue weighted by molar-refractivity contribution is 14.1. The lowest BCUT2D eigenvalue weighted by atomic mass is 9.47. The highest BCUT2D eigenvalue weighted by Crippen LogP contribution is 2.68. The lowest BCUT2D eigenvalue weighted by Crippen LogP contribution is -2.70. The van der Waals surface area contributed by atoms with E-state index < -0.39 is 29.3 Å². The Morgan fingerprint density at radius 2 is 1.94 bits per heavy atom. The van der Waals surface area contributed by atoms with Crippen LogP contribution in [-0.4, -0.2) is 26.5 Å². The van der Waals surface area contributed by atoms with Crippen LogP contribution in [-0.2, 0) is 5.54 Å². The van der Waals surface area contributed by atoms with Gasteiger partial charge in [-0.1, -0.05) is 0 Å². The summed E-state index contributed by atoms with van der Waals surface area (Å²) in [5.41, 5.74) is -1.82. The van der Waals surface area contributed by atoms with Gasteiger partial charge in [0.2, 0.25) is 6.10 Å². The zero-order valence-electron chi connectivity index (χ0n) is 9.01. The molecule has 3 saturated carbocycles. The molecule has 18 heavy (non-hydrogen) atoms. The van der Waals surface area contributed by atoms with Gasteiger partial charge in [0.25, 0.3) is 0 Å². The van der Waals surface area contributed by atoms with Gasteiger partial charge in [-0.15, -0.1) is 0 Å². The number of nitrogens with zero attached hydrogens (tertiary/aromatic N) is 2. The molecule has 1 N–H and O–H groups in total. The summed E-state index contributed by atoms with van der Waals surface area (Å²) < 4.78 is 52.8. The number of aliphatic hydroxyl groups excluding tert-OH is 1. The lowest BCUT2D eigenvalue weighted by Gasteiger charge is -2.66. The molecule has 1 unspecified atom stereocenters.